The summed E-state index contributed by atoms with van der Waals surface area (Å²) in [6.45, 7) is 1.84. The molecule has 0 fully saturated rings. The molecule has 0 unspecified atom stereocenters. The van der Waals surface area contributed by atoms with Gasteiger partial charge in [0.2, 0.25) is 0 Å². The van der Waals surface area contributed by atoms with Crippen LogP contribution in [0.15, 0.2) is 54.4 Å². The first-order valence-corrected chi connectivity index (χ1v) is 6.60. The van der Waals surface area contributed by atoms with Crippen LogP contribution in [0.2, 0.25) is 0 Å². The number of rotatable bonds is 5. The van der Waals surface area contributed by atoms with Crippen molar-refractivity contribution >= 4 is 12.0 Å². The monoisotopic (exact) mass is 267 g/mol. The summed E-state index contributed by atoms with van der Waals surface area (Å²) in [6.07, 6.45) is 6.68. The molecule has 1 heterocycles. The third-order valence-electron chi connectivity index (χ3n) is 3.11. The normalized spacial score (nSPS) is 11.3. The van der Waals surface area contributed by atoms with Crippen LogP contribution in [0.25, 0.3) is 6.08 Å². The van der Waals surface area contributed by atoms with E-state index in [2.05, 4.69) is 4.98 Å². The van der Waals surface area contributed by atoms with Gasteiger partial charge in [0.05, 0.1) is 0 Å². The highest BCUT2D eigenvalue weighted by molar-refractivity contribution is 5.92. The predicted octanol–water partition coefficient (Wildman–Crippen LogP) is 3.55. The number of hydrogen-bond acceptors (Lipinski definition) is 2. The SMILES string of the molecule is CC/C(=C/c1ccc(Cc2cccnc2)cc1)C(=O)O. The Hall–Kier alpha value is -2.42. The van der Waals surface area contributed by atoms with E-state index in [1.807, 2.05) is 49.5 Å². The van der Waals surface area contributed by atoms with Gasteiger partial charge in [-0.2, -0.15) is 0 Å². The fourth-order valence-corrected chi connectivity index (χ4v) is 1.99. The molecule has 0 aliphatic heterocycles. The summed E-state index contributed by atoms with van der Waals surface area (Å²) in [5, 5.41) is 9.01. The molecule has 3 nitrogen and oxygen atoms in total. The molecule has 1 aromatic carbocycles. The second-order valence-electron chi connectivity index (χ2n) is 4.61. The molecule has 0 spiro atoms. The molecule has 0 atom stereocenters. The lowest BCUT2D eigenvalue weighted by Crippen LogP contribution is -1.98. The van der Waals surface area contributed by atoms with Crippen LogP contribution < -0.4 is 0 Å². The third kappa shape index (κ3) is 3.79. The number of hydrogen-bond donors (Lipinski definition) is 1. The highest BCUT2D eigenvalue weighted by atomic mass is 16.4. The highest BCUT2D eigenvalue weighted by Crippen LogP contribution is 2.13. The topological polar surface area (TPSA) is 50.2 Å². The quantitative estimate of drug-likeness (QED) is 0.843. The number of aliphatic carboxylic acids is 1. The summed E-state index contributed by atoms with van der Waals surface area (Å²) in [4.78, 5) is 15.1. The molecule has 2 aromatic rings. The third-order valence-corrected chi connectivity index (χ3v) is 3.11. The number of nitrogens with zero attached hydrogens (tertiary/aromatic N) is 1. The largest absolute Gasteiger partial charge is 0.478 e. The van der Waals surface area contributed by atoms with Crippen molar-refractivity contribution in [1.82, 2.24) is 4.98 Å². The molecular weight excluding hydrogens is 250 g/mol. The van der Waals surface area contributed by atoms with Crippen molar-refractivity contribution < 1.29 is 9.90 Å². The first-order chi connectivity index (χ1) is 9.69. The molecule has 0 aliphatic rings. The van der Waals surface area contributed by atoms with E-state index in [4.69, 9.17) is 5.11 Å². The Morgan fingerprint density at radius 3 is 2.50 bits per heavy atom. The molecular formula is C17H17NO2. The fourth-order valence-electron chi connectivity index (χ4n) is 1.99. The van der Waals surface area contributed by atoms with Crippen molar-refractivity contribution in [3.05, 3.63) is 71.1 Å². The zero-order valence-electron chi connectivity index (χ0n) is 11.4. The van der Waals surface area contributed by atoms with E-state index in [1.165, 1.54) is 5.56 Å². The Bertz CT molecular complexity index is 601. The molecule has 20 heavy (non-hydrogen) atoms. The minimum absolute atomic E-state index is 0.421. The van der Waals surface area contributed by atoms with Gasteiger partial charge in [-0.05, 0) is 41.7 Å². The van der Waals surface area contributed by atoms with Crippen molar-refractivity contribution in [3.8, 4) is 0 Å². The molecule has 0 saturated heterocycles. The minimum Gasteiger partial charge on any atom is -0.478 e. The van der Waals surface area contributed by atoms with Gasteiger partial charge in [-0.15, -0.1) is 0 Å². The van der Waals surface area contributed by atoms with Gasteiger partial charge in [-0.25, -0.2) is 4.79 Å². The van der Waals surface area contributed by atoms with Crippen LogP contribution in [0.3, 0.4) is 0 Å². The number of aromatic nitrogens is 1. The van der Waals surface area contributed by atoms with Gasteiger partial charge in [0.1, 0.15) is 0 Å². The molecule has 0 saturated carbocycles. The van der Waals surface area contributed by atoms with Crippen LogP contribution in [0, 0.1) is 0 Å². The lowest BCUT2D eigenvalue weighted by atomic mass is 10.0. The maximum atomic E-state index is 11.0. The molecule has 2 rings (SSSR count). The molecule has 0 bridgehead atoms. The van der Waals surface area contributed by atoms with E-state index in [-0.39, 0.29) is 0 Å². The average molecular weight is 267 g/mol. The van der Waals surface area contributed by atoms with Crippen molar-refractivity contribution in [1.29, 1.82) is 0 Å². The van der Waals surface area contributed by atoms with Gasteiger partial charge >= 0.3 is 5.97 Å². The minimum atomic E-state index is -0.855. The lowest BCUT2D eigenvalue weighted by Gasteiger charge is -2.03. The van der Waals surface area contributed by atoms with Gasteiger partial charge in [-0.3, -0.25) is 4.98 Å². The zero-order valence-corrected chi connectivity index (χ0v) is 11.4. The van der Waals surface area contributed by atoms with Gasteiger partial charge in [0.25, 0.3) is 0 Å². The van der Waals surface area contributed by atoms with Crippen LogP contribution in [0.5, 0.6) is 0 Å². The molecule has 1 N–H and O–H groups in total. The van der Waals surface area contributed by atoms with Gasteiger partial charge in [0.15, 0.2) is 0 Å². The first-order valence-electron chi connectivity index (χ1n) is 6.60. The van der Waals surface area contributed by atoms with Crippen LogP contribution in [-0.2, 0) is 11.2 Å². The Balaban J connectivity index is 2.12. The van der Waals surface area contributed by atoms with Crippen LogP contribution in [0.4, 0.5) is 0 Å². The summed E-state index contributed by atoms with van der Waals surface area (Å²) in [7, 11) is 0. The Labute approximate surface area is 118 Å². The van der Waals surface area contributed by atoms with E-state index in [0.29, 0.717) is 12.0 Å². The highest BCUT2D eigenvalue weighted by Gasteiger charge is 2.04. The number of carboxylic acid groups (broad SMARTS) is 1. The van der Waals surface area contributed by atoms with Crippen molar-refractivity contribution in [2.75, 3.05) is 0 Å². The van der Waals surface area contributed by atoms with E-state index in [1.54, 1.807) is 12.3 Å². The summed E-state index contributed by atoms with van der Waals surface area (Å²) >= 11 is 0. The summed E-state index contributed by atoms with van der Waals surface area (Å²) in [6, 6.07) is 11.9. The van der Waals surface area contributed by atoms with E-state index in [9.17, 15) is 4.79 Å². The van der Waals surface area contributed by atoms with E-state index in [0.717, 1.165) is 17.5 Å². The van der Waals surface area contributed by atoms with Gasteiger partial charge in [-0.1, -0.05) is 37.3 Å². The Morgan fingerprint density at radius 1 is 1.20 bits per heavy atom. The summed E-state index contributed by atoms with van der Waals surface area (Å²) < 4.78 is 0. The summed E-state index contributed by atoms with van der Waals surface area (Å²) in [5.41, 5.74) is 3.68. The molecule has 3 heteroatoms. The van der Waals surface area contributed by atoms with Crippen LogP contribution in [-0.4, -0.2) is 16.1 Å². The maximum absolute atomic E-state index is 11.0. The molecule has 102 valence electrons. The predicted molar refractivity (Wildman–Crippen MR) is 79.4 cm³/mol. The van der Waals surface area contributed by atoms with E-state index >= 15 is 0 Å². The van der Waals surface area contributed by atoms with E-state index < -0.39 is 5.97 Å². The zero-order chi connectivity index (χ0) is 14.4. The second kappa shape index (κ2) is 6.66. The lowest BCUT2D eigenvalue weighted by molar-refractivity contribution is -0.132. The standard InChI is InChI=1S/C17H17NO2/c1-2-16(17(19)20)11-14-7-5-13(6-8-14)10-15-4-3-9-18-12-15/h3-9,11-12H,2,10H2,1H3,(H,19,20)/b16-11-. The smallest absolute Gasteiger partial charge is 0.331 e. The van der Waals surface area contributed by atoms with Crippen molar-refractivity contribution in [2.24, 2.45) is 0 Å². The second-order valence-corrected chi connectivity index (χ2v) is 4.61. The van der Waals surface area contributed by atoms with Crippen LogP contribution in [0.1, 0.15) is 30.0 Å². The summed E-state index contributed by atoms with van der Waals surface area (Å²) in [5.74, 6) is -0.855. The first kappa shape index (κ1) is 14.0. The maximum Gasteiger partial charge on any atom is 0.331 e. The number of carbonyl (C=O) groups is 1. The van der Waals surface area contributed by atoms with Gasteiger partial charge < -0.3 is 5.11 Å². The molecule has 0 radical (unpaired) electrons. The Kier molecular flexibility index (Phi) is 4.66. The van der Waals surface area contributed by atoms with Crippen molar-refractivity contribution in [2.45, 2.75) is 19.8 Å². The number of pyridine rings is 1. The molecule has 0 aliphatic carbocycles. The number of benzene rings is 1. The number of carboxylic acids is 1. The van der Waals surface area contributed by atoms with Crippen molar-refractivity contribution in [3.63, 3.8) is 0 Å². The average Bonchev–Trinajstić information content (AvgIpc) is 2.47. The fraction of sp³-hybridized carbons (Fsp3) is 0.176. The van der Waals surface area contributed by atoms with Crippen LogP contribution >= 0.6 is 0 Å². The van der Waals surface area contributed by atoms with Gasteiger partial charge in [0, 0.05) is 18.0 Å². The Morgan fingerprint density at radius 2 is 1.95 bits per heavy atom. The molecule has 1 aromatic heterocycles. The molecule has 0 amide bonds.